The van der Waals surface area contributed by atoms with Gasteiger partial charge in [0.15, 0.2) is 11.5 Å². The van der Waals surface area contributed by atoms with Crippen LogP contribution in [0.4, 0.5) is 5.69 Å². The number of ether oxygens (including phenoxy) is 2. The van der Waals surface area contributed by atoms with Crippen LogP contribution in [0.1, 0.15) is 10.4 Å². The zero-order valence-corrected chi connectivity index (χ0v) is 16.2. The van der Waals surface area contributed by atoms with Crippen molar-refractivity contribution in [3.63, 3.8) is 0 Å². The van der Waals surface area contributed by atoms with Crippen LogP contribution in [0.15, 0.2) is 48.7 Å². The molecule has 0 spiro atoms. The van der Waals surface area contributed by atoms with Gasteiger partial charge in [-0.1, -0.05) is 6.07 Å². The fourth-order valence-electron chi connectivity index (χ4n) is 3.04. The normalized spacial score (nSPS) is 11.0. The van der Waals surface area contributed by atoms with Crippen LogP contribution in [-0.4, -0.2) is 50.2 Å². The molecule has 1 heterocycles. The first kappa shape index (κ1) is 18.8. The van der Waals surface area contributed by atoms with Gasteiger partial charge < -0.3 is 24.3 Å². The number of nitrogens with one attached hydrogen (secondary N) is 1. The highest BCUT2D eigenvalue weighted by molar-refractivity contribution is 6.07. The molecule has 1 N–H and O–H groups in total. The second-order valence-electron chi connectivity index (χ2n) is 6.58. The maximum Gasteiger partial charge on any atom is 0.259 e. The maximum atomic E-state index is 12.7. The van der Waals surface area contributed by atoms with Crippen molar-refractivity contribution in [1.29, 1.82) is 0 Å². The number of hydrogen-bond donors (Lipinski definition) is 1. The van der Waals surface area contributed by atoms with Crippen molar-refractivity contribution < 1.29 is 14.3 Å². The Kier molecular flexibility index (Phi) is 5.66. The van der Waals surface area contributed by atoms with E-state index in [0.29, 0.717) is 17.1 Å². The van der Waals surface area contributed by atoms with Gasteiger partial charge >= 0.3 is 0 Å². The molecule has 0 aliphatic heterocycles. The van der Waals surface area contributed by atoms with Crippen LogP contribution in [0, 0.1) is 0 Å². The molecule has 0 aliphatic rings. The summed E-state index contributed by atoms with van der Waals surface area (Å²) in [6, 6.07) is 13.2. The molecule has 0 radical (unpaired) electrons. The molecule has 3 aromatic rings. The second-order valence-corrected chi connectivity index (χ2v) is 6.58. The van der Waals surface area contributed by atoms with Gasteiger partial charge in [-0.15, -0.1) is 0 Å². The minimum absolute atomic E-state index is 0.239. The quantitative estimate of drug-likeness (QED) is 0.695. The minimum atomic E-state index is -0.239. The Bertz CT molecular complexity index is 947. The molecule has 0 saturated carbocycles. The lowest BCUT2D eigenvalue weighted by Crippen LogP contribution is -2.17. The second kappa shape index (κ2) is 8.14. The SMILES string of the molecule is COc1cccc(C(=O)Nc2ccc3c(ccn3CCN(C)C)c2)c1OC. The van der Waals surface area contributed by atoms with Crippen LogP contribution in [0.5, 0.6) is 11.5 Å². The number of amides is 1. The van der Waals surface area contributed by atoms with E-state index in [1.807, 2.05) is 18.2 Å². The smallest absolute Gasteiger partial charge is 0.259 e. The number of aromatic nitrogens is 1. The number of carbonyl (C=O) groups is 1. The van der Waals surface area contributed by atoms with E-state index in [4.69, 9.17) is 9.47 Å². The number of methoxy groups -OCH3 is 2. The molecule has 142 valence electrons. The molecular formula is C21H25N3O3. The predicted molar refractivity (Wildman–Crippen MR) is 108 cm³/mol. The summed E-state index contributed by atoms with van der Waals surface area (Å²) in [6.45, 7) is 1.89. The number of para-hydroxylation sites is 1. The van der Waals surface area contributed by atoms with Crippen LogP contribution < -0.4 is 14.8 Å². The van der Waals surface area contributed by atoms with E-state index in [1.165, 1.54) is 7.11 Å². The van der Waals surface area contributed by atoms with Gasteiger partial charge in [0, 0.05) is 35.9 Å². The third-order valence-electron chi connectivity index (χ3n) is 4.46. The highest BCUT2D eigenvalue weighted by Crippen LogP contribution is 2.31. The van der Waals surface area contributed by atoms with E-state index < -0.39 is 0 Å². The number of hydrogen-bond acceptors (Lipinski definition) is 4. The van der Waals surface area contributed by atoms with Gasteiger partial charge in [-0.05, 0) is 50.5 Å². The van der Waals surface area contributed by atoms with Gasteiger partial charge in [0.1, 0.15) is 0 Å². The van der Waals surface area contributed by atoms with Gasteiger partial charge in [0.2, 0.25) is 0 Å². The van der Waals surface area contributed by atoms with Crippen molar-refractivity contribution >= 4 is 22.5 Å². The summed E-state index contributed by atoms with van der Waals surface area (Å²) in [5.41, 5.74) is 2.32. The summed E-state index contributed by atoms with van der Waals surface area (Å²) in [5, 5.41) is 4.03. The van der Waals surface area contributed by atoms with E-state index >= 15 is 0 Å². The molecule has 0 atom stereocenters. The van der Waals surface area contributed by atoms with Gasteiger partial charge in [-0.2, -0.15) is 0 Å². The number of fused-ring (bicyclic) bond motifs is 1. The van der Waals surface area contributed by atoms with E-state index in [9.17, 15) is 4.79 Å². The van der Waals surface area contributed by atoms with Gasteiger partial charge in [0.25, 0.3) is 5.91 Å². The lowest BCUT2D eigenvalue weighted by Gasteiger charge is -2.13. The van der Waals surface area contributed by atoms with Crippen LogP contribution in [0.25, 0.3) is 10.9 Å². The molecule has 0 aliphatic carbocycles. The van der Waals surface area contributed by atoms with Crippen LogP contribution in [0.2, 0.25) is 0 Å². The molecule has 0 unspecified atom stereocenters. The Morgan fingerprint density at radius 2 is 1.93 bits per heavy atom. The summed E-state index contributed by atoms with van der Waals surface area (Å²) in [6.07, 6.45) is 2.07. The molecule has 0 saturated heterocycles. The summed E-state index contributed by atoms with van der Waals surface area (Å²) in [5.74, 6) is 0.712. The number of likely N-dealkylation sites (N-methyl/N-ethyl adjacent to an activating group) is 1. The zero-order valence-electron chi connectivity index (χ0n) is 16.2. The van der Waals surface area contributed by atoms with Crippen molar-refractivity contribution in [2.24, 2.45) is 0 Å². The molecule has 0 bridgehead atoms. The molecule has 3 rings (SSSR count). The van der Waals surface area contributed by atoms with E-state index in [2.05, 4.69) is 41.1 Å². The van der Waals surface area contributed by atoms with Gasteiger partial charge in [0.05, 0.1) is 19.8 Å². The summed E-state index contributed by atoms with van der Waals surface area (Å²) < 4.78 is 12.8. The van der Waals surface area contributed by atoms with E-state index in [-0.39, 0.29) is 5.91 Å². The van der Waals surface area contributed by atoms with Crippen molar-refractivity contribution in [3.05, 3.63) is 54.2 Å². The lowest BCUT2D eigenvalue weighted by molar-refractivity contribution is 0.102. The Balaban J connectivity index is 1.82. The summed E-state index contributed by atoms with van der Waals surface area (Å²) >= 11 is 0. The monoisotopic (exact) mass is 367 g/mol. The Morgan fingerprint density at radius 3 is 2.63 bits per heavy atom. The van der Waals surface area contributed by atoms with Crippen molar-refractivity contribution in [3.8, 4) is 11.5 Å². The average Bonchev–Trinajstić information content (AvgIpc) is 3.07. The number of anilines is 1. The first-order valence-corrected chi connectivity index (χ1v) is 8.79. The Hall–Kier alpha value is -2.99. The molecular weight excluding hydrogens is 342 g/mol. The maximum absolute atomic E-state index is 12.7. The number of carbonyl (C=O) groups excluding carboxylic acids is 1. The summed E-state index contributed by atoms with van der Waals surface area (Å²) in [7, 11) is 7.20. The summed E-state index contributed by atoms with van der Waals surface area (Å²) in [4.78, 5) is 14.9. The van der Waals surface area contributed by atoms with E-state index in [1.54, 1.807) is 25.3 Å². The minimum Gasteiger partial charge on any atom is -0.493 e. The standard InChI is InChI=1S/C21H25N3O3/c1-23(2)12-13-24-11-10-15-14-16(8-9-18(15)24)22-21(25)17-6-5-7-19(26-3)20(17)27-4/h5-11,14H,12-13H2,1-4H3,(H,22,25). The van der Waals surface area contributed by atoms with Gasteiger partial charge in [-0.25, -0.2) is 0 Å². The third-order valence-corrected chi connectivity index (χ3v) is 4.46. The van der Waals surface area contributed by atoms with E-state index in [0.717, 1.165) is 29.7 Å². The number of nitrogens with zero attached hydrogens (tertiary/aromatic N) is 2. The van der Waals surface area contributed by atoms with Crippen LogP contribution in [0.3, 0.4) is 0 Å². The predicted octanol–water partition coefficient (Wildman–Crippen LogP) is 3.47. The van der Waals surface area contributed by atoms with Gasteiger partial charge in [-0.3, -0.25) is 4.79 Å². The van der Waals surface area contributed by atoms with Crippen molar-refractivity contribution in [1.82, 2.24) is 9.47 Å². The molecule has 1 aromatic heterocycles. The molecule has 2 aromatic carbocycles. The topological polar surface area (TPSA) is 55.7 Å². The van der Waals surface area contributed by atoms with Crippen molar-refractivity contribution in [2.45, 2.75) is 6.54 Å². The number of rotatable bonds is 7. The highest BCUT2D eigenvalue weighted by atomic mass is 16.5. The largest absolute Gasteiger partial charge is 0.493 e. The highest BCUT2D eigenvalue weighted by Gasteiger charge is 2.16. The fourth-order valence-corrected chi connectivity index (χ4v) is 3.04. The number of benzene rings is 2. The van der Waals surface area contributed by atoms with Crippen LogP contribution >= 0.6 is 0 Å². The molecule has 6 heteroatoms. The Morgan fingerprint density at radius 1 is 1.11 bits per heavy atom. The molecule has 6 nitrogen and oxygen atoms in total. The van der Waals surface area contributed by atoms with Crippen molar-refractivity contribution in [2.75, 3.05) is 40.2 Å². The first-order chi connectivity index (χ1) is 13.0. The Labute approximate surface area is 159 Å². The first-order valence-electron chi connectivity index (χ1n) is 8.79. The average molecular weight is 367 g/mol. The molecule has 1 amide bonds. The lowest BCUT2D eigenvalue weighted by atomic mass is 10.1. The van der Waals surface area contributed by atoms with Crippen LogP contribution in [-0.2, 0) is 6.54 Å². The molecule has 0 fully saturated rings. The third kappa shape index (κ3) is 4.06. The fraction of sp³-hybridized carbons (Fsp3) is 0.286. The zero-order chi connectivity index (χ0) is 19.4. The molecule has 27 heavy (non-hydrogen) atoms.